The second kappa shape index (κ2) is 7.41. The van der Waals surface area contributed by atoms with Gasteiger partial charge in [-0.3, -0.25) is 0 Å². The predicted molar refractivity (Wildman–Crippen MR) is 65.2 cm³/mol. The van der Waals surface area contributed by atoms with Crippen LogP contribution in [0.15, 0.2) is 18.2 Å². The maximum Gasteiger partial charge on any atom is 0.143 e. The number of hydrogen-bond donors (Lipinski definition) is 2. The minimum Gasteiger partial charge on any atom is -0.371 e. The molecule has 1 aromatic rings. The third-order valence-electron chi connectivity index (χ3n) is 2.49. The van der Waals surface area contributed by atoms with Crippen LogP contribution in [0.3, 0.4) is 0 Å². The molecule has 0 heterocycles. The fourth-order valence-electron chi connectivity index (χ4n) is 1.90. The molecule has 2 atom stereocenters. The molecule has 102 valence electrons. The van der Waals surface area contributed by atoms with Crippen LogP contribution in [0.25, 0.3) is 0 Å². The summed E-state index contributed by atoms with van der Waals surface area (Å²) in [6.07, 6.45) is 0.526. The molecule has 0 aliphatic carbocycles. The molecule has 18 heavy (non-hydrogen) atoms. The van der Waals surface area contributed by atoms with Crippen LogP contribution in [0.5, 0.6) is 0 Å². The summed E-state index contributed by atoms with van der Waals surface area (Å²) in [6, 6.07) is 3.64. The molecule has 0 amide bonds. The Morgan fingerprint density at radius 1 is 1.17 bits per heavy atom. The minimum absolute atomic E-state index is 0.0588. The van der Waals surface area contributed by atoms with Crippen molar-refractivity contribution in [3.8, 4) is 0 Å². The number of aliphatic hydroxyl groups excluding tert-OH is 1. The van der Waals surface area contributed by atoms with Crippen molar-refractivity contribution in [2.45, 2.75) is 32.4 Å². The molecule has 0 aliphatic rings. The Balaban J connectivity index is 2.46. The van der Waals surface area contributed by atoms with E-state index in [0.29, 0.717) is 18.6 Å². The number of hydrogen-bond acceptors (Lipinski definition) is 3. The van der Waals surface area contributed by atoms with Gasteiger partial charge in [-0.15, -0.1) is 0 Å². The molecular weight excluding hydrogens is 240 g/mol. The molecular formula is C13H19F2NO2. The summed E-state index contributed by atoms with van der Waals surface area (Å²) in [5.41, 5.74) is 0.614. The monoisotopic (exact) mass is 259 g/mol. The molecule has 0 saturated heterocycles. The SMILES string of the molecule is C[C@H](COCO)N[C@@H](C)Cc1cc(F)cc(F)c1. The van der Waals surface area contributed by atoms with Crippen LogP contribution < -0.4 is 5.32 Å². The molecule has 0 saturated carbocycles. The third kappa shape index (κ3) is 5.53. The van der Waals surface area contributed by atoms with Crippen LogP contribution in [-0.2, 0) is 11.2 Å². The van der Waals surface area contributed by atoms with E-state index in [4.69, 9.17) is 9.84 Å². The summed E-state index contributed by atoms with van der Waals surface area (Å²) < 4.78 is 30.9. The number of halogens is 2. The zero-order valence-electron chi connectivity index (χ0n) is 10.6. The fourth-order valence-corrected chi connectivity index (χ4v) is 1.90. The zero-order valence-corrected chi connectivity index (χ0v) is 10.6. The molecule has 0 bridgehead atoms. The average molecular weight is 259 g/mol. The lowest BCUT2D eigenvalue weighted by molar-refractivity contribution is -0.00996. The molecule has 0 aromatic heterocycles. The van der Waals surface area contributed by atoms with E-state index in [9.17, 15) is 8.78 Å². The summed E-state index contributed by atoms with van der Waals surface area (Å²) in [7, 11) is 0. The number of aliphatic hydroxyl groups is 1. The van der Waals surface area contributed by atoms with Gasteiger partial charge in [0, 0.05) is 18.2 Å². The quantitative estimate of drug-likeness (QED) is 0.734. The highest BCUT2D eigenvalue weighted by atomic mass is 19.1. The van der Waals surface area contributed by atoms with Gasteiger partial charge in [0.05, 0.1) is 6.61 Å². The zero-order chi connectivity index (χ0) is 13.5. The Bertz CT molecular complexity index is 354. The van der Waals surface area contributed by atoms with E-state index in [1.807, 2.05) is 13.8 Å². The first-order chi connectivity index (χ1) is 8.51. The van der Waals surface area contributed by atoms with Crippen molar-refractivity contribution < 1.29 is 18.6 Å². The topological polar surface area (TPSA) is 41.5 Å². The first kappa shape index (κ1) is 15.0. The van der Waals surface area contributed by atoms with Gasteiger partial charge < -0.3 is 15.2 Å². The Kier molecular flexibility index (Phi) is 6.18. The number of nitrogens with one attached hydrogen (secondary N) is 1. The van der Waals surface area contributed by atoms with Gasteiger partial charge in [0.2, 0.25) is 0 Å². The van der Waals surface area contributed by atoms with E-state index in [1.54, 1.807) is 0 Å². The molecule has 5 heteroatoms. The standard InChI is InChI=1S/C13H19F2NO2/c1-9(16-10(2)7-18-8-17)3-11-4-12(14)6-13(15)5-11/h4-6,9-10,16-17H,3,7-8H2,1-2H3/t9-,10+/m0/s1. The van der Waals surface area contributed by atoms with E-state index in [0.717, 1.165) is 6.07 Å². The Hall–Kier alpha value is -1.04. The molecule has 0 spiro atoms. The largest absolute Gasteiger partial charge is 0.371 e. The number of ether oxygens (including phenoxy) is 1. The second-order valence-corrected chi connectivity index (χ2v) is 4.45. The lowest BCUT2D eigenvalue weighted by Crippen LogP contribution is -2.38. The Morgan fingerprint density at radius 2 is 1.78 bits per heavy atom. The first-order valence-corrected chi connectivity index (χ1v) is 5.91. The van der Waals surface area contributed by atoms with Gasteiger partial charge in [-0.25, -0.2) is 8.78 Å². The fraction of sp³-hybridized carbons (Fsp3) is 0.538. The van der Waals surface area contributed by atoms with E-state index in [2.05, 4.69) is 5.32 Å². The van der Waals surface area contributed by atoms with Gasteiger partial charge in [-0.05, 0) is 38.0 Å². The maximum atomic E-state index is 13.0. The third-order valence-corrected chi connectivity index (χ3v) is 2.49. The van der Waals surface area contributed by atoms with Crippen LogP contribution in [0.2, 0.25) is 0 Å². The summed E-state index contributed by atoms with van der Waals surface area (Å²) in [4.78, 5) is 0. The van der Waals surface area contributed by atoms with Crippen molar-refractivity contribution in [3.05, 3.63) is 35.4 Å². The maximum absolute atomic E-state index is 13.0. The first-order valence-electron chi connectivity index (χ1n) is 5.91. The van der Waals surface area contributed by atoms with Crippen molar-refractivity contribution in [1.29, 1.82) is 0 Å². The van der Waals surface area contributed by atoms with Crippen LogP contribution >= 0.6 is 0 Å². The summed E-state index contributed by atoms with van der Waals surface area (Å²) >= 11 is 0. The van der Waals surface area contributed by atoms with Gasteiger partial charge in [0.15, 0.2) is 0 Å². The van der Waals surface area contributed by atoms with Crippen LogP contribution in [0.4, 0.5) is 8.78 Å². The average Bonchev–Trinajstić information content (AvgIpc) is 2.24. The van der Waals surface area contributed by atoms with Gasteiger partial charge >= 0.3 is 0 Å². The van der Waals surface area contributed by atoms with Crippen LogP contribution in [-0.4, -0.2) is 30.6 Å². The number of benzene rings is 1. The van der Waals surface area contributed by atoms with E-state index >= 15 is 0 Å². The minimum atomic E-state index is -0.561. The molecule has 2 N–H and O–H groups in total. The van der Waals surface area contributed by atoms with Gasteiger partial charge in [-0.2, -0.15) is 0 Å². The van der Waals surface area contributed by atoms with E-state index < -0.39 is 11.6 Å². The summed E-state index contributed by atoms with van der Waals surface area (Å²) in [5.74, 6) is -1.12. The van der Waals surface area contributed by atoms with Crippen molar-refractivity contribution >= 4 is 0 Å². The lowest BCUT2D eigenvalue weighted by Gasteiger charge is -2.19. The van der Waals surface area contributed by atoms with Crippen LogP contribution in [0, 0.1) is 11.6 Å². The molecule has 1 rings (SSSR count). The van der Waals surface area contributed by atoms with Gasteiger partial charge in [0.25, 0.3) is 0 Å². The smallest absolute Gasteiger partial charge is 0.143 e. The Labute approximate surface area is 106 Å². The van der Waals surface area contributed by atoms with Crippen molar-refractivity contribution in [1.82, 2.24) is 5.32 Å². The summed E-state index contributed by atoms with van der Waals surface area (Å²) in [6.45, 7) is 3.92. The highest BCUT2D eigenvalue weighted by Crippen LogP contribution is 2.10. The highest BCUT2D eigenvalue weighted by molar-refractivity contribution is 5.18. The second-order valence-electron chi connectivity index (χ2n) is 4.45. The van der Waals surface area contributed by atoms with Crippen molar-refractivity contribution in [2.75, 3.05) is 13.4 Å². The normalized spacial score (nSPS) is 14.5. The summed E-state index contributed by atoms with van der Waals surface area (Å²) in [5, 5.41) is 11.7. The lowest BCUT2D eigenvalue weighted by atomic mass is 10.1. The molecule has 0 fully saturated rings. The number of rotatable bonds is 7. The van der Waals surface area contributed by atoms with E-state index in [-0.39, 0.29) is 18.9 Å². The highest BCUT2D eigenvalue weighted by Gasteiger charge is 2.09. The van der Waals surface area contributed by atoms with E-state index in [1.165, 1.54) is 12.1 Å². The Morgan fingerprint density at radius 3 is 2.33 bits per heavy atom. The van der Waals surface area contributed by atoms with Gasteiger partial charge in [0.1, 0.15) is 18.4 Å². The molecule has 1 aromatic carbocycles. The predicted octanol–water partition coefficient (Wildman–Crippen LogP) is 1.84. The van der Waals surface area contributed by atoms with Crippen LogP contribution in [0.1, 0.15) is 19.4 Å². The molecule has 3 nitrogen and oxygen atoms in total. The molecule has 0 aliphatic heterocycles. The molecule has 0 radical (unpaired) electrons. The van der Waals surface area contributed by atoms with Gasteiger partial charge in [-0.1, -0.05) is 0 Å². The van der Waals surface area contributed by atoms with Crippen molar-refractivity contribution in [2.24, 2.45) is 0 Å². The van der Waals surface area contributed by atoms with Crippen molar-refractivity contribution in [3.63, 3.8) is 0 Å². The molecule has 0 unspecified atom stereocenters.